The molecule has 110 valence electrons. The fraction of sp³-hybridized carbons (Fsp3) is 0.533. The second-order valence-corrected chi connectivity index (χ2v) is 5.48. The Labute approximate surface area is 124 Å². The van der Waals surface area contributed by atoms with Crippen LogP contribution in [-0.4, -0.2) is 30.8 Å². The number of hydrogen-bond acceptors (Lipinski definition) is 4. The number of halogens is 1. The molecule has 20 heavy (non-hydrogen) atoms. The minimum absolute atomic E-state index is 0.210. The van der Waals surface area contributed by atoms with E-state index in [1.54, 1.807) is 12.1 Å². The van der Waals surface area contributed by atoms with E-state index >= 15 is 0 Å². The summed E-state index contributed by atoms with van der Waals surface area (Å²) in [6, 6.07) is 3.49. The van der Waals surface area contributed by atoms with Gasteiger partial charge in [0.25, 0.3) is 0 Å². The van der Waals surface area contributed by atoms with Crippen LogP contribution in [0.25, 0.3) is 0 Å². The van der Waals surface area contributed by atoms with Crippen LogP contribution in [0.4, 0.5) is 5.69 Å². The number of phenolic OH excluding ortho intramolecular Hbond substituents is 1. The Morgan fingerprint density at radius 1 is 1.35 bits per heavy atom. The Bertz CT molecular complexity index is 484. The molecule has 0 atom stereocenters. The number of phenols is 1. The van der Waals surface area contributed by atoms with Crippen molar-refractivity contribution in [2.45, 2.75) is 32.6 Å². The predicted octanol–water partition coefficient (Wildman–Crippen LogP) is 3.14. The van der Waals surface area contributed by atoms with Crippen molar-refractivity contribution in [1.82, 2.24) is 0 Å². The molecule has 1 aromatic carbocycles. The van der Waals surface area contributed by atoms with Crippen LogP contribution >= 0.6 is 11.6 Å². The van der Waals surface area contributed by atoms with Crippen molar-refractivity contribution in [3.05, 3.63) is 22.7 Å². The first-order valence-electron chi connectivity index (χ1n) is 6.97. The zero-order chi connectivity index (χ0) is 14.5. The average Bonchev–Trinajstić information content (AvgIpc) is 2.43. The van der Waals surface area contributed by atoms with E-state index < -0.39 is 0 Å². The molecule has 5 heteroatoms. The minimum atomic E-state index is -0.319. The summed E-state index contributed by atoms with van der Waals surface area (Å²) < 4.78 is 4.88. The van der Waals surface area contributed by atoms with Crippen LogP contribution in [0.2, 0.25) is 5.02 Å². The number of benzene rings is 1. The van der Waals surface area contributed by atoms with Gasteiger partial charge in [0.05, 0.1) is 17.3 Å². The van der Waals surface area contributed by atoms with E-state index in [-0.39, 0.29) is 18.3 Å². The monoisotopic (exact) mass is 297 g/mol. The SMILES string of the molecule is CC(=O)OCCc1cc(Cl)c(N2CCCCC2)cc1O. The summed E-state index contributed by atoms with van der Waals surface area (Å²) in [6.07, 6.45) is 4.03. The molecule has 1 saturated heterocycles. The van der Waals surface area contributed by atoms with E-state index in [1.807, 2.05) is 0 Å². The van der Waals surface area contributed by atoms with Gasteiger partial charge < -0.3 is 14.7 Å². The standard InChI is InChI=1S/C15H20ClNO3/c1-11(18)20-8-5-12-9-13(16)14(10-15(12)19)17-6-3-2-4-7-17/h9-10,19H,2-8H2,1H3. The summed E-state index contributed by atoms with van der Waals surface area (Å²) in [6.45, 7) is 3.58. The largest absolute Gasteiger partial charge is 0.508 e. The molecule has 0 aromatic heterocycles. The number of rotatable bonds is 4. The Kier molecular flexibility index (Phi) is 5.12. The Hall–Kier alpha value is -1.42. The molecule has 1 aromatic rings. The van der Waals surface area contributed by atoms with Crippen molar-refractivity contribution in [3.63, 3.8) is 0 Å². The van der Waals surface area contributed by atoms with Gasteiger partial charge in [-0.2, -0.15) is 0 Å². The molecule has 0 saturated carbocycles. The van der Waals surface area contributed by atoms with Crippen molar-refractivity contribution in [2.75, 3.05) is 24.6 Å². The normalized spacial score (nSPS) is 15.2. The summed E-state index contributed by atoms with van der Waals surface area (Å²) >= 11 is 6.32. The van der Waals surface area contributed by atoms with E-state index in [0.717, 1.165) is 31.6 Å². The van der Waals surface area contributed by atoms with Crippen molar-refractivity contribution in [3.8, 4) is 5.75 Å². The molecule has 0 bridgehead atoms. The Balaban J connectivity index is 2.09. The van der Waals surface area contributed by atoms with Gasteiger partial charge in [0.1, 0.15) is 5.75 Å². The van der Waals surface area contributed by atoms with Crippen LogP contribution in [-0.2, 0) is 16.0 Å². The summed E-state index contributed by atoms with van der Waals surface area (Å²) in [4.78, 5) is 12.9. The van der Waals surface area contributed by atoms with Crippen LogP contribution in [0.1, 0.15) is 31.7 Å². The highest BCUT2D eigenvalue weighted by Gasteiger charge is 2.16. The third-order valence-corrected chi connectivity index (χ3v) is 3.82. The molecule has 0 aliphatic carbocycles. The molecule has 2 rings (SSSR count). The highest BCUT2D eigenvalue weighted by molar-refractivity contribution is 6.33. The predicted molar refractivity (Wildman–Crippen MR) is 79.5 cm³/mol. The Morgan fingerprint density at radius 2 is 2.05 bits per heavy atom. The average molecular weight is 298 g/mol. The lowest BCUT2D eigenvalue weighted by Crippen LogP contribution is -2.29. The number of hydrogen-bond donors (Lipinski definition) is 1. The lowest BCUT2D eigenvalue weighted by Gasteiger charge is -2.30. The van der Waals surface area contributed by atoms with Gasteiger partial charge in [0.2, 0.25) is 0 Å². The van der Waals surface area contributed by atoms with Gasteiger partial charge >= 0.3 is 5.97 Å². The quantitative estimate of drug-likeness (QED) is 0.868. The molecule has 0 spiro atoms. The van der Waals surface area contributed by atoms with Gasteiger partial charge in [-0.25, -0.2) is 0 Å². The topological polar surface area (TPSA) is 49.8 Å². The lowest BCUT2D eigenvalue weighted by atomic mass is 10.1. The van der Waals surface area contributed by atoms with Crippen molar-refractivity contribution < 1.29 is 14.6 Å². The molecule has 0 amide bonds. The molecule has 1 N–H and O–H groups in total. The molecular formula is C15H20ClNO3. The summed E-state index contributed by atoms with van der Waals surface area (Å²) in [7, 11) is 0. The maximum Gasteiger partial charge on any atom is 0.302 e. The van der Waals surface area contributed by atoms with E-state index in [4.69, 9.17) is 16.3 Å². The highest BCUT2D eigenvalue weighted by Crippen LogP contribution is 2.34. The first kappa shape index (κ1) is 15.0. The van der Waals surface area contributed by atoms with Crippen LogP contribution in [0.5, 0.6) is 5.75 Å². The number of aromatic hydroxyl groups is 1. The zero-order valence-corrected chi connectivity index (χ0v) is 12.4. The maximum absolute atomic E-state index is 10.7. The van der Waals surface area contributed by atoms with Gasteiger partial charge in [-0.05, 0) is 30.9 Å². The molecule has 1 fully saturated rings. The van der Waals surface area contributed by atoms with Gasteiger partial charge in [0.15, 0.2) is 0 Å². The maximum atomic E-state index is 10.7. The van der Waals surface area contributed by atoms with E-state index in [0.29, 0.717) is 17.0 Å². The zero-order valence-electron chi connectivity index (χ0n) is 11.7. The minimum Gasteiger partial charge on any atom is -0.508 e. The highest BCUT2D eigenvalue weighted by atomic mass is 35.5. The second kappa shape index (κ2) is 6.84. The van der Waals surface area contributed by atoms with Gasteiger partial charge in [0, 0.05) is 32.5 Å². The second-order valence-electron chi connectivity index (χ2n) is 5.07. The van der Waals surface area contributed by atoms with Crippen LogP contribution in [0.15, 0.2) is 12.1 Å². The summed E-state index contributed by atoms with van der Waals surface area (Å²) in [5, 5.41) is 10.7. The van der Waals surface area contributed by atoms with Crippen molar-refractivity contribution in [2.24, 2.45) is 0 Å². The van der Waals surface area contributed by atoms with E-state index in [2.05, 4.69) is 4.90 Å². The third-order valence-electron chi connectivity index (χ3n) is 3.52. The number of carbonyl (C=O) groups excluding carboxylic acids is 1. The summed E-state index contributed by atoms with van der Waals surface area (Å²) in [5.74, 6) is -0.109. The number of esters is 1. The molecule has 0 unspecified atom stereocenters. The number of piperidine rings is 1. The molecule has 1 aliphatic rings. The number of nitrogens with zero attached hydrogens (tertiary/aromatic N) is 1. The molecule has 4 nitrogen and oxygen atoms in total. The molecule has 1 heterocycles. The smallest absolute Gasteiger partial charge is 0.302 e. The third kappa shape index (κ3) is 3.79. The molecular weight excluding hydrogens is 278 g/mol. The first-order chi connectivity index (χ1) is 9.58. The Morgan fingerprint density at radius 3 is 2.70 bits per heavy atom. The molecule has 0 radical (unpaired) electrons. The number of anilines is 1. The first-order valence-corrected chi connectivity index (χ1v) is 7.35. The number of carbonyl (C=O) groups is 1. The number of ether oxygens (including phenoxy) is 1. The fourth-order valence-electron chi connectivity index (χ4n) is 2.47. The van der Waals surface area contributed by atoms with Crippen molar-refractivity contribution >= 4 is 23.3 Å². The van der Waals surface area contributed by atoms with Crippen molar-refractivity contribution in [1.29, 1.82) is 0 Å². The lowest BCUT2D eigenvalue weighted by molar-refractivity contribution is -0.140. The fourth-order valence-corrected chi connectivity index (χ4v) is 2.78. The van der Waals surface area contributed by atoms with Gasteiger partial charge in [-0.3, -0.25) is 4.79 Å². The van der Waals surface area contributed by atoms with Crippen LogP contribution in [0.3, 0.4) is 0 Å². The van der Waals surface area contributed by atoms with Crippen LogP contribution in [0, 0.1) is 0 Å². The van der Waals surface area contributed by atoms with E-state index in [1.165, 1.54) is 13.3 Å². The summed E-state index contributed by atoms with van der Waals surface area (Å²) in [5.41, 5.74) is 1.59. The van der Waals surface area contributed by atoms with E-state index in [9.17, 15) is 9.90 Å². The van der Waals surface area contributed by atoms with Gasteiger partial charge in [-0.1, -0.05) is 11.6 Å². The van der Waals surface area contributed by atoms with Gasteiger partial charge in [-0.15, -0.1) is 0 Å². The van der Waals surface area contributed by atoms with Crippen LogP contribution < -0.4 is 4.90 Å². The molecule has 1 aliphatic heterocycles.